The maximum atomic E-state index is 13.3. The van der Waals surface area contributed by atoms with Crippen LogP contribution in [0.2, 0.25) is 0 Å². The summed E-state index contributed by atoms with van der Waals surface area (Å²) in [5.41, 5.74) is 0.858. The fourth-order valence-corrected chi connectivity index (χ4v) is 1.41. The molecule has 0 radical (unpaired) electrons. The number of halogens is 1. The van der Waals surface area contributed by atoms with Crippen LogP contribution >= 0.6 is 0 Å². The highest BCUT2D eigenvalue weighted by molar-refractivity contribution is 5.29. The van der Waals surface area contributed by atoms with Crippen LogP contribution in [0.3, 0.4) is 0 Å². The van der Waals surface area contributed by atoms with Gasteiger partial charge in [-0.3, -0.25) is 10.1 Å². The van der Waals surface area contributed by atoms with Gasteiger partial charge in [-0.2, -0.15) is 0 Å². The average Bonchev–Trinajstić information content (AvgIpc) is 2.79. The first kappa shape index (κ1) is 12.1. The van der Waals surface area contributed by atoms with Gasteiger partial charge in [0.2, 0.25) is 0 Å². The summed E-state index contributed by atoms with van der Waals surface area (Å²) in [5, 5.41) is 10.4. The third-order valence-corrected chi connectivity index (χ3v) is 2.28. The van der Waals surface area contributed by atoms with Crippen molar-refractivity contribution in [2.24, 2.45) is 0 Å². The summed E-state index contributed by atoms with van der Waals surface area (Å²) in [6, 6.07) is 7.12. The van der Waals surface area contributed by atoms with E-state index in [0.717, 1.165) is 5.56 Å². The van der Waals surface area contributed by atoms with E-state index >= 15 is 0 Å². The smallest absolute Gasteiger partial charge is 0.433 e. The molecular weight excluding hydrogens is 241 g/mol. The molecule has 1 aromatic heterocycles. The molecule has 0 N–H and O–H groups in total. The quantitative estimate of drug-likeness (QED) is 0.618. The van der Waals surface area contributed by atoms with Gasteiger partial charge in [-0.1, -0.05) is 6.07 Å². The summed E-state index contributed by atoms with van der Waals surface area (Å²) in [6.07, 6.45) is 0. The summed E-state index contributed by atoms with van der Waals surface area (Å²) in [7, 11) is 0. The zero-order valence-electron chi connectivity index (χ0n) is 9.55. The number of furan rings is 1. The van der Waals surface area contributed by atoms with Crippen LogP contribution in [0.5, 0.6) is 5.75 Å². The average molecular weight is 251 g/mol. The number of hydrogen-bond acceptors (Lipinski definition) is 4. The Bertz CT molecular complexity index is 579. The Hall–Kier alpha value is -2.37. The van der Waals surface area contributed by atoms with E-state index in [0.29, 0.717) is 0 Å². The van der Waals surface area contributed by atoms with Gasteiger partial charge in [0.05, 0.1) is 6.07 Å². The Morgan fingerprint density at radius 2 is 2.17 bits per heavy atom. The molecule has 1 heterocycles. The minimum atomic E-state index is -0.642. The molecule has 0 aliphatic rings. The normalized spacial score (nSPS) is 10.3. The second kappa shape index (κ2) is 4.87. The van der Waals surface area contributed by atoms with Crippen LogP contribution < -0.4 is 4.74 Å². The summed E-state index contributed by atoms with van der Waals surface area (Å²) >= 11 is 0. The Morgan fingerprint density at radius 1 is 1.39 bits per heavy atom. The third-order valence-electron chi connectivity index (χ3n) is 2.28. The van der Waals surface area contributed by atoms with Crippen LogP contribution in [-0.2, 0) is 6.61 Å². The van der Waals surface area contributed by atoms with Crippen molar-refractivity contribution >= 4 is 5.88 Å². The fourth-order valence-electron chi connectivity index (χ4n) is 1.41. The number of aryl methyl sites for hydroxylation is 1. The monoisotopic (exact) mass is 251 g/mol. The van der Waals surface area contributed by atoms with Gasteiger partial charge >= 0.3 is 5.88 Å². The summed E-state index contributed by atoms with van der Waals surface area (Å²) < 4.78 is 23.4. The van der Waals surface area contributed by atoms with Gasteiger partial charge in [0.15, 0.2) is 11.6 Å². The molecule has 0 saturated heterocycles. The van der Waals surface area contributed by atoms with E-state index in [1.54, 1.807) is 12.1 Å². The molecule has 2 rings (SSSR count). The van der Waals surface area contributed by atoms with Gasteiger partial charge in [-0.05, 0) is 30.7 Å². The maximum Gasteiger partial charge on any atom is 0.433 e. The molecular formula is C12H10FNO4. The van der Waals surface area contributed by atoms with Gasteiger partial charge < -0.3 is 9.15 Å². The molecule has 18 heavy (non-hydrogen) atoms. The van der Waals surface area contributed by atoms with Gasteiger partial charge in [-0.25, -0.2) is 4.39 Å². The van der Waals surface area contributed by atoms with Crippen LogP contribution in [0.15, 0.2) is 34.7 Å². The van der Waals surface area contributed by atoms with Gasteiger partial charge in [-0.15, -0.1) is 0 Å². The summed E-state index contributed by atoms with van der Waals surface area (Å²) in [6.45, 7) is 1.75. The second-order valence-electron chi connectivity index (χ2n) is 3.72. The van der Waals surface area contributed by atoms with Crippen molar-refractivity contribution in [2.45, 2.75) is 13.5 Å². The van der Waals surface area contributed by atoms with Crippen molar-refractivity contribution in [3.8, 4) is 5.75 Å². The molecule has 0 saturated carbocycles. The van der Waals surface area contributed by atoms with Gasteiger partial charge in [0.1, 0.15) is 17.3 Å². The molecule has 0 fully saturated rings. The lowest BCUT2D eigenvalue weighted by Crippen LogP contribution is -1.96. The molecule has 0 aliphatic carbocycles. The van der Waals surface area contributed by atoms with Crippen LogP contribution in [0.4, 0.5) is 10.3 Å². The maximum absolute atomic E-state index is 13.3. The SMILES string of the molecule is Cc1ccc(F)c(OCc2ccc([N+](=O)[O-])o2)c1. The fraction of sp³-hybridized carbons (Fsp3) is 0.167. The Balaban J connectivity index is 2.06. The van der Waals surface area contributed by atoms with Crippen molar-refractivity contribution in [1.29, 1.82) is 0 Å². The highest BCUT2D eigenvalue weighted by Gasteiger charge is 2.12. The molecule has 0 unspecified atom stereocenters. The van der Waals surface area contributed by atoms with Crippen LogP contribution in [-0.4, -0.2) is 4.92 Å². The third kappa shape index (κ3) is 2.65. The Labute approximate surface area is 102 Å². The van der Waals surface area contributed by atoms with E-state index in [2.05, 4.69) is 0 Å². The van der Waals surface area contributed by atoms with E-state index in [9.17, 15) is 14.5 Å². The minimum absolute atomic E-state index is 0.0613. The van der Waals surface area contributed by atoms with Crippen molar-refractivity contribution in [3.05, 3.63) is 57.6 Å². The lowest BCUT2D eigenvalue weighted by molar-refractivity contribution is -0.402. The molecule has 94 valence electrons. The van der Waals surface area contributed by atoms with E-state index in [1.807, 2.05) is 6.92 Å². The Morgan fingerprint density at radius 3 is 2.83 bits per heavy atom. The highest BCUT2D eigenvalue weighted by Crippen LogP contribution is 2.21. The minimum Gasteiger partial charge on any atom is -0.483 e. The van der Waals surface area contributed by atoms with Crippen LogP contribution in [0.25, 0.3) is 0 Å². The molecule has 5 nitrogen and oxygen atoms in total. The first-order chi connectivity index (χ1) is 8.56. The van der Waals surface area contributed by atoms with E-state index in [-0.39, 0.29) is 24.0 Å². The second-order valence-corrected chi connectivity index (χ2v) is 3.72. The molecule has 0 spiro atoms. The molecule has 0 amide bonds. The number of nitrogens with zero attached hydrogens (tertiary/aromatic N) is 1. The molecule has 2 aromatic rings. The molecule has 1 aromatic carbocycles. The standard InChI is InChI=1S/C12H10FNO4/c1-8-2-4-10(13)11(6-8)17-7-9-3-5-12(18-9)14(15)16/h2-6H,7H2,1H3. The number of hydrogen-bond donors (Lipinski definition) is 0. The lowest BCUT2D eigenvalue weighted by atomic mass is 10.2. The van der Waals surface area contributed by atoms with Crippen LogP contribution in [0.1, 0.15) is 11.3 Å². The molecule has 0 bridgehead atoms. The predicted octanol–water partition coefficient (Wildman–Crippen LogP) is 3.21. The molecule has 6 heteroatoms. The highest BCUT2D eigenvalue weighted by atomic mass is 19.1. The van der Waals surface area contributed by atoms with E-state index in [1.165, 1.54) is 18.2 Å². The first-order valence-corrected chi connectivity index (χ1v) is 5.18. The Kier molecular flexibility index (Phi) is 3.27. The van der Waals surface area contributed by atoms with E-state index < -0.39 is 10.7 Å². The number of ether oxygens (including phenoxy) is 1. The largest absolute Gasteiger partial charge is 0.483 e. The number of rotatable bonds is 4. The zero-order chi connectivity index (χ0) is 13.1. The first-order valence-electron chi connectivity index (χ1n) is 5.18. The van der Waals surface area contributed by atoms with E-state index in [4.69, 9.17) is 9.15 Å². The lowest BCUT2D eigenvalue weighted by Gasteiger charge is -2.05. The van der Waals surface area contributed by atoms with Gasteiger partial charge in [0, 0.05) is 0 Å². The van der Waals surface area contributed by atoms with Crippen molar-refractivity contribution < 1.29 is 18.5 Å². The van der Waals surface area contributed by atoms with Crippen LogP contribution in [0, 0.1) is 22.9 Å². The predicted molar refractivity (Wildman–Crippen MR) is 60.8 cm³/mol. The van der Waals surface area contributed by atoms with Crippen molar-refractivity contribution in [1.82, 2.24) is 0 Å². The summed E-state index contributed by atoms with van der Waals surface area (Å²) in [5.74, 6) is -0.489. The molecule has 0 aliphatic heterocycles. The number of benzene rings is 1. The van der Waals surface area contributed by atoms with Crippen molar-refractivity contribution in [2.75, 3.05) is 0 Å². The zero-order valence-corrected chi connectivity index (χ0v) is 9.55. The molecule has 0 atom stereocenters. The van der Waals surface area contributed by atoms with Crippen molar-refractivity contribution in [3.63, 3.8) is 0 Å². The van der Waals surface area contributed by atoms with Gasteiger partial charge in [0.25, 0.3) is 0 Å². The number of nitro groups is 1. The summed E-state index contributed by atoms with van der Waals surface area (Å²) in [4.78, 5) is 9.76. The topological polar surface area (TPSA) is 65.5 Å².